The normalized spacial score (nSPS) is 31.3. The first-order chi connectivity index (χ1) is 10.7. The first-order valence-electron chi connectivity index (χ1n) is 8.20. The SMILES string of the molecule is C=CN(CC)C(=O)OCC1OC1C1COC2(CCCCC2)O1.[U]. The third-order valence-corrected chi connectivity index (χ3v) is 4.65. The van der Waals surface area contributed by atoms with E-state index in [0.29, 0.717) is 13.2 Å². The van der Waals surface area contributed by atoms with Crippen molar-refractivity contribution in [1.82, 2.24) is 4.90 Å². The Hall–Kier alpha value is -0.0581. The fourth-order valence-corrected chi connectivity index (χ4v) is 3.28. The fourth-order valence-electron chi connectivity index (χ4n) is 3.28. The van der Waals surface area contributed by atoms with Gasteiger partial charge in [-0.1, -0.05) is 13.0 Å². The molecule has 0 radical (unpaired) electrons. The molecule has 2 heterocycles. The summed E-state index contributed by atoms with van der Waals surface area (Å²) in [7, 11) is 0. The van der Waals surface area contributed by atoms with Crippen LogP contribution in [0.1, 0.15) is 39.0 Å². The predicted octanol–water partition coefficient (Wildman–Crippen LogP) is 2.43. The largest absolute Gasteiger partial charge is 0.446 e. The third-order valence-electron chi connectivity index (χ3n) is 4.65. The maximum atomic E-state index is 11.7. The van der Waals surface area contributed by atoms with Crippen LogP contribution in [0.25, 0.3) is 0 Å². The molecule has 3 aliphatic rings. The Balaban J connectivity index is 0.00000192. The van der Waals surface area contributed by atoms with Gasteiger partial charge in [-0.3, -0.25) is 4.90 Å². The van der Waals surface area contributed by atoms with Gasteiger partial charge in [-0.15, -0.1) is 0 Å². The molecule has 3 unspecified atom stereocenters. The van der Waals surface area contributed by atoms with Crippen molar-refractivity contribution in [3.63, 3.8) is 0 Å². The molecule has 3 fully saturated rings. The number of nitrogens with zero attached hydrogens (tertiary/aromatic N) is 1. The molecule has 0 aromatic heterocycles. The Morgan fingerprint density at radius 3 is 2.78 bits per heavy atom. The number of carbonyl (C=O) groups is 1. The summed E-state index contributed by atoms with van der Waals surface area (Å²) >= 11 is 0. The van der Waals surface area contributed by atoms with E-state index < -0.39 is 0 Å². The minimum Gasteiger partial charge on any atom is -0.446 e. The summed E-state index contributed by atoms with van der Waals surface area (Å²) in [6.07, 6.45) is 6.46. The standard InChI is InChI=1S/C16H25NO5.U/c1-3-17(4-2)15(18)19-10-12-14(21-12)13-11-20-16(22-13)8-6-5-7-9-16;/h3,12-14H,1,4-11H2,2H3;. The smallest absolute Gasteiger partial charge is 0.413 e. The first kappa shape index (κ1) is 19.3. The van der Waals surface area contributed by atoms with E-state index in [0.717, 1.165) is 25.7 Å². The van der Waals surface area contributed by atoms with Gasteiger partial charge in [0.05, 0.1) is 6.61 Å². The molecule has 1 spiro atoms. The monoisotopic (exact) mass is 549 g/mol. The molecule has 3 atom stereocenters. The van der Waals surface area contributed by atoms with Crippen molar-refractivity contribution in [2.75, 3.05) is 19.8 Å². The van der Waals surface area contributed by atoms with Crippen LogP contribution in [0.2, 0.25) is 0 Å². The third kappa shape index (κ3) is 4.52. The maximum Gasteiger partial charge on any atom is 0.413 e. The number of amides is 1. The average Bonchev–Trinajstić information content (AvgIpc) is 3.21. The van der Waals surface area contributed by atoms with Crippen molar-refractivity contribution in [3.8, 4) is 0 Å². The summed E-state index contributed by atoms with van der Waals surface area (Å²) in [5, 5.41) is 0. The Kier molecular flexibility index (Phi) is 7.00. The van der Waals surface area contributed by atoms with Crippen LogP contribution in [-0.2, 0) is 18.9 Å². The molecular weight excluding hydrogens is 524 g/mol. The van der Waals surface area contributed by atoms with E-state index in [1.165, 1.54) is 17.5 Å². The minimum atomic E-state index is -0.390. The summed E-state index contributed by atoms with van der Waals surface area (Å²) < 4.78 is 22.9. The second-order valence-electron chi connectivity index (χ2n) is 6.12. The summed E-state index contributed by atoms with van der Waals surface area (Å²) in [6, 6.07) is 0. The van der Waals surface area contributed by atoms with E-state index in [4.69, 9.17) is 18.9 Å². The van der Waals surface area contributed by atoms with Gasteiger partial charge in [0.2, 0.25) is 0 Å². The van der Waals surface area contributed by atoms with Crippen molar-refractivity contribution >= 4 is 6.09 Å². The Morgan fingerprint density at radius 1 is 1.39 bits per heavy atom. The second kappa shape index (κ2) is 8.35. The molecule has 3 rings (SSSR count). The van der Waals surface area contributed by atoms with E-state index in [1.54, 1.807) is 0 Å². The van der Waals surface area contributed by atoms with Crippen LogP contribution in [0.3, 0.4) is 0 Å². The van der Waals surface area contributed by atoms with Crippen LogP contribution in [0.5, 0.6) is 0 Å². The molecule has 2 aliphatic heterocycles. The Labute approximate surface area is 161 Å². The van der Waals surface area contributed by atoms with E-state index in [-0.39, 0.29) is 67.9 Å². The van der Waals surface area contributed by atoms with Crippen molar-refractivity contribution in [2.45, 2.75) is 63.1 Å². The van der Waals surface area contributed by atoms with Crippen molar-refractivity contribution in [2.24, 2.45) is 0 Å². The number of ether oxygens (including phenoxy) is 4. The van der Waals surface area contributed by atoms with Crippen molar-refractivity contribution in [3.05, 3.63) is 12.8 Å². The molecule has 0 aromatic carbocycles. The van der Waals surface area contributed by atoms with Crippen LogP contribution in [-0.4, -0.2) is 54.9 Å². The first-order valence-corrected chi connectivity index (χ1v) is 8.20. The molecule has 7 heteroatoms. The van der Waals surface area contributed by atoms with Crippen LogP contribution in [0.4, 0.5) is 4.79 Å². The molecular formula is C16H25NO5U. The molecule has 128 valence electrons. The average molecular weight is 549 g/mol. The summed E-state index contributed by atoms with van der Waals surface area (Å²) in [4.78, 5) is 13.1. The van der Waals surface area contributed by atoms with Crippen LogP contribution in [0, 0.1) is 31.1 Å². The van der Waals surface area contributed by atoms with Crippen LogP contribution >= 0.6 is 0 Å². The molecule has 0 N–H and O–H groups in total. The summed E-state index contributed by atoms with van der Waals surface area (Å²) in [5.74, 6) is -0.377. The van der Waals surface area contributed by atoms with Gasteiger partial charge in [0.1, 0.15) is 24.9 Å². The van der Waals surface area contributed by atoms with Gasteiger partial charge in [-0.05, 0) is 19.8 Å². The molecule has 1 aliphatic carbocycles. The molecule has 1 saturated carbocycles. The van der Waals surface area contributed by atoms with Crippen molar-refractivity contribution in [1.29, 1.82) is 0 Å². The van der Waals surface area contributed by atoms with Crippen molar-refractivity contribution < 1.29 is 54.9 Å². The van der Waals surface area contributed by atoms with Gasteiger partial charge in [-0.25, -0.2) is 4.79 Å². The van der Waals surface area contributed by atoms with E-state index in [2.05, 4.69) is 6.58 Å². The Morgan fingerprint density at radius 2 is 2.13 bits per heavy atom. The topological polar surface area (TPSA) is 60.5 Å². The number of epoxide rings is 1. The second-order valence-corrected chi connectivity index (χ2v) is 6.12. The predicted molar refractivity (Wildman–Crippen MR) is 79.2 cm³/mol. The van der Waals surface area contributed by atoms with Gasteiger partial charge >= 0.3 is 6.09 Å². The number of hydrogen-bond donors (Lipinski definition) is 0. The molecule has 23 heavy (non-hydrogen) atoms. The minimum absolute atomic E-state index is 0. The molecule has 2 saturated heterocycles. The van der Waals surface area contributed by atoms with Gasteiger partial charge in [0.15, 0.2) is 5.79 Å². The Bertz CT molecular complexity index is 427. The molecule has 0 aromatic rings. The van der Waals surface area contributed by atoms with Gasteiger partial charge in [0, 0.05) is 56.7 Å². The maximum absolute atomic E-state index is 11.7. The molecule has 1 amide bonds. The summed E-state index contributed by atoms with van der Waals surface area (Å²) in [6.45, 7) is 6.81. The quantitative estimate of drug-likeness (QED) is 0.494. The van der Waals surface area contributed by atoms with Gasteiger partial charge in [0.25, 0.3) is 0 Å². The van der Waals surface area contributed by atoms with E-state index in [1.807, 2.05) is 6.92 Å². The van der Waals surface area contributed by atoms with Gasteiger partial charge < -0.3 is 18.9 Å². The van der Waals surface area contributed by atoms with Crippen LogP contribution < -0.4 is 0 Å². The molecule has 6 nitrogen and oxygen atoms in total. The number of rotatable bonds is 5. The van der Waals surface area contributed by atoms with Gasteiger partial charge in [-0.2, -0.15) is 0 Å². The number of hydrogen-bond acceptors (Lipinski definition) is 5. The van der Waals surface area contributed by atoms with E-state index in [9.17, 15) is 4.79 Å². The van der Waals surface area contributed by atoms with E-state index >= 15 is 0 Å². The molecule has 0 bridgehead atoms. The summed E-state index contributed by atoms with van der Waals surface area (Å²) in [5.41, 5.74) is 0. The zero-order chi connectivity index (χ0) is 15.6. The fraction of sp³-hybridized carbons (Fsp3) is 0.812. The number of carbonyl (C=O) groups excluding carboxylic acids is 1. The zero-order valence-corrected chi connectivity index (χ0v) is 17.8. The van der Waals surface area contributed by atoms with Crippen LogP contribution in [0.15, 0.2) is 12.8 Å². The zero-order valence-electron chi connectivity index (χ0n) is 13.7.